The van der Waals surface area contributed by atoms with Crippen LogP contribution in [0.1, 0.15) is 43.9 Å². The molecule has 0 heterocycles. The van der Waals surface area contributed by atoms with Gasteiger partial charge in [0.15, 0.2) is 6.61 Å². The molecule has 0 aromatic heterocycles. The van der Waals surface area contributed by atoms with Crippen LogP contribution in [0.15, 0.2) is 36.4 Å². The summed E-state index contributed by atoms with van der Waals surface area (Å²) in [5.41, 5.74) is 2.59. The lowest BCUT2D eigenvalue weighted by Crippen LogP contribution is -2.50. The predicted octanol–water partition coefficient (Wildman–Crippen LogP) is 5.32. The number of nitrogens with one attached hydrogen (secondary N) is 1. The van der Waals surface area contributed by atoms with Crippen molar-refractivity contribution in [3.8, 4) is 5.75 Å². The largest absolute Gasteiger partial charge is 0.484 e. The van der Waals surface area contributed by atoms with Gasteiger partial charge in [0.1, 0.15) is 11.8 Å². The Morgan fingerprint density at radius 1 is 1.10 bits per heavy atom. The summed E-state index contributed by atoms with van der Waals surface area (Å²) in [5, 5.41) is 4.19. The molecule has 0 radical (unpaired) electrons. The highest BCUT2D eigenvalue weighted by molar-refractivity contribution is 6.32. The number of carbonyl (C=O) groups excluding carboxylic acids is 2. The van der Waals surface area contributed by atoms with Crippen LogP contribution in [0.4, 0.5) is 0 Å². The molecule has 1 N–H and O–H groups in total. The van der Waals surface area contributed by atoms with Gasteiger partial charge < -0.3 is 15.0 Å². The second-order valence-electron chi connectivity index (χ2n) is 7.81. The fourth-order valence-electron chi connectivity index (χ4n) is 3.10. The quantitative estimate of drug-likeness (QED) is 0.545. The molecule has 0 bridgehead atoms. The highest BCUT2D eigenvalue weighted by Crippen LogP contribution is 2.26. The number of nitrogens with zero attached hydrogens (tertiary/aromatic N) is 1. The van der Waals surface area contributed by atoms with Crippen LogP contribution >= 0.6 is 23.2 Å². The van der Waals surface area contributed by atoms with Crippen LogP contribution in [0.2, 0.25) is 10.0 Å². The molecule has 0 aliphatic heterocycles. The van der Waals surface area contributed by atoms with E-state index in [1.165, 1.54) is 4.90 Å². The minimum Gasteiger partial charge on any atom is -0.484 e. The molecular formula is C24H30Cl2N2O3. The van der Waals surface area contributed by atoms with Crippen molar-refractivity contribution < 1.29 is 14.3 Å². The van der Waals surface area contributed by atoms with Gasteiger partial charge in [0, 0.05) is 22.6 Å². The zero-order valence-electron chi connectivity index (χ0n) is 18.7. The van der Waals surface area contributed by atoms with Crippen molar-refractivity contribution in [3.63, 3.8) is 0 Å². The van der Waals surface area contributed by atoms with Gasteiger partial charge in [-0.1, -0.05) is 42.3 Å². The predicted molar refractivity (Wildman–Crippen MR) is 126 cm³/mol. The number of benzene rings is 2. The standard InChI is InChI=1S/C24H30Cl2N2O3/c1-6-17(4)27-24(30)18(5)28(13-19-8-7-9-20(25)12-19)22(29)14-31-21-10-15(2)23(26)16(3)11-21/h7-12,17-18H,6,13-14H2,1-5H3,(H,27,30)/t17-,18+/m0/s1. The average Bonchev–Trinajstić information content (AvgIpc) is 2.73. The second-order valence-corrected chi connectivity index (χ2v) is 8.62. The SMILES string of the molecule is CC[C@H](C)NC(=O)[C@@H](C)N(Cc1cccc(Cl)c1)C(=O)COc1cc(C)c(Cl)c(C)c1. The summed E-state index contributed by atoms with van der Waals surface area (Å²) >= 11 is 12.3. The zero-order chi connectivity index (χ0) is 23.1. The van der Waals surface area contributed by atoms with Gasteiger partial charge in [-0.05, 0) is 75.1 Å². The van der Waals surface area contributed by atoms with Crippen LogP contribution in [0.25, 0.3) is 0 Å². The van der Waals surface area contributed by atoms with Crippen molar-refractivity contribution in [3.05, 3.63) is 63.1 Å². The lowest BCUT2D eigenvalue weighted by molar-refractivity contribution is -0.142. The lowest BCUT2D eigenvalue weighted by atomic mass is 10.1. The second kappa shape index (κ2) is 11.4. The van der Waals surface area contributed by atoms with E-state index in [4.69, 9.17) is 27.9 Å². The third-order valence-corrected chi connectivity index (χ3v) is 6.01. The number of hydrogen-bond donors (Lipinski definition) is 1. The van der Waals surface area contributed by atoms with Crippen LogP contribution in [0.5, 0.6) is 5.75 Å². The number of aryl methyl sites for hydroxylation is 2. The van der Waals surface area contributed by atoms with Crippen molar-refractivity contribution in [1.29, 1.82) is 0 Å². The molecule has 5 nitrogen and oxygen atoms in total. The van der Waals surface area contributed by atoms with Gasteiger partial charge >= 0.3 is 0 Å². The van der Waals surface area contributed by atoms with Crippen LogP contribution in [0.3, 0.4) is 0 Å². The van der Waals surface area contributed by atoms with E-state index in [9.17, 15) is 9.59 Å². The molecule has 0 unspecified atom stereocenters. The Balaban J connectivity index is 2.19. The summed E-state index contributed by atoms with van der Waals surface area (Å²) in [6.07, 6.45) is 0.805. The first-order valence-corrected chi connectivity index (χ1v) is 11.1. The van der Waals surface area contributed by atoms with Gasteiger partial charge in [-0.25, -0.2) is 0 Å². The molecule has 2 aromatic carbocycles. The van der Waals surface area contributed by atoms with E-state index in [1.807, 2.05) is 39.8 Å². The highest BCUT2D eigenvalue weighted by atomic mass is 35.5. The Morgan fingerprint density at radius 3 is 2.32 bits per heavy atom. The Bertz CT molecular complexity index is 910. The maximum atomic E-state index is 13.1. The smallest absolute Gasteiger partial charge is 0.261 e. The molecule has 0 saturated carbocycles. The van der Waals surface area contributed by atoms with E-state index in [0.29, 0.717) is 15.8 Å². The zero-order valence-corrected chi connectivity index (χ0v) is 20.2. The maximum absolute atomic E-state index is 13.1. The number of hydrogen-bond acceptors (Lipinski definition) is 3. The summed E-state index contributed by atoms with van der Waals surface area (Å²) in [6.45, 7) is 9.47. The van der Waals surface area contributed by atoms with E-state index in [0.717, 1.165) is 23.1 Å². The van der Waals surface area contributed by atoms with Crippen molar-refractivity contribution in [1.82, 2.24) is 10.2 Å². The minimum absolute atomic E-state index is 0.0225. The van der Waals surface area contributed by atoms with Gasteiger partial charge in [-0.2, -0.15) is 0 Å². The first kappa shape index (κ1) is 25.0. The first-order chi connectivity index (χ1) is 14.6. The van der Waals surface area contributed by atoms with Gasteiger partial charge in [0.05, 0.1) is 0 Å². The van der Waals surface area contributed by atoms with E-state index in [1.54, 1.807) is 31.2 Å². The third-order valence-electron chi connectivity index (χ3n) is 5.18. The molecule has 2 rings (SSSR count). The summed E-state index contributed by atoms with van der Waals surface area (Å²) in [7, 11) is 0. The van der Waals surface area contributed by atoms with Gasteiger partial charge in [0.2, 0.25) is 5.91 Å². The number of ether oxygens (including phenoxy) is 1. The summed E-state index contributed by atoms with van der Waals surface area (Å²) < 4.78 is 5.75. The molecule has 31 heavy (non-hydrogen) atoms. The summed E-state index contributed by atoms with van der Waals surface area (Å²) in [6, 6.07) is 10.2. The van der Waals surface area contributed by atoms with Crippen LogP contribution in [-0.2, 0) is 16.1 Å². The molecule has 0 spiro atoms. The molecular weight excluding hydrogens is 435 g/mol. The third kappa shape index (κ3) is 7.15. The molecule has 2 amide bonds. The van der Waals surface area contributed by atoms with Crippen LogP contribution in [0, 0.1) is 13.8 Å². The number of carbonyl (C=O) groups is 2. The van der Waals surface area contributed by atoms with Gasteiger partial charge in [-0.15, -0.1) is 0 Å². The molecule has 2 atom stereocenters. The number of rotatable bonds is 9. The van der Waals surface area contributed by atoms with Crippen molar-refractivity contribution in [2.75, 3.05) is 6.61 Å². The van der Waals surface area contributed by atoms with E-state index in [2.05, 4.69) is 5.32 Å². The Hall–Kier alpha value is -2.24. The topological polar surface area (TPSA) is 58.6 Å². The molecule has 168 valence electrons. The van der Waals surface area contributed by atoms with Crippen LogP contribution < -0.4 is 10.1 Å². The van der Waals surface area contributed by atoms with E-state index < -0.39 is 6.04 Å². The monoisotopic (exact) mass is 464 g/mol. The Morgan fingerprint density at radius 2 is 1.74 bits per heavy atom. The number of halogens is 2. The van der Waals surface area contributed by atoms with Gasteiger partial charge in [0.25, 0.3) is 5.91 Å². The van der Waals surface area contributed by atoms with Crippen molar-refractivity contribution in [2.24, 2.45) is 0 Å². The normalized spacial score (nSPS) is 12.7. The summed E-state index contributed by atoms with van der Waals surface area (Å²) in [4.78, 5) is 27.3. The lowest BCUT2D eigenvalue weighted by Gasteiger charge is -2.29. The van der Waals surface area contributed by atoms with E-state index in [-0.39, 0.29) is 31.0 Å². The maximum Gasteiger partial charge on any atom is 0.261 e. The highest BCUT2D eigenvalue weighted by Gasteiger charge is 2.27. The van der Waals surface area contributed by atoms with Gasteiger partial charge in [-0.3, -0.25) is 9.59 Å². The summed E-state index contributed by atoms with van der Waals surface area (Å²) in [5.74, 6) is 0.0621. The Labute approximate surface area is 194 Å². The van der Waals surface area contributed by atoms with E-state index >= 15 is 0 Å². The Kier molecular flexibility index (Phi) is 9.20. The number of amides is 2. The first-order valence-electron chi connectivity index (χ1n) is 10.4. The van der Waals surface area contributed by atoms with Crippen molar-refractivity contribution in [2.45, 2.75) is 59.7 Å². The molecule has 7 heteroatoms. The minimum atomic E-state index is -0.669. The fraction of sp³-hybridized carbons (Fsp3) is 0.417. The molecule has 2 aromatic rings. The fourth-order valence-corrected chi connectivity index (χ4v) is 3.42. The molecule has 0 saturated heterocycles. The van der Waals surface area contributed by atoms with Crippen LogP contribution in [-0.4, -0.2) is 35.4 Å². The molecule has 0 aliphatic rings. The van der Waals surface area contributed by atoms with Crippen molar-refractivity contribution >= 4 is 35.0 Å². The molecule has 0 fully saturated rings. The molecule has 0 aliphatic carbocycles. The average molecular weight is 465 g/mol.